The molecule has 1 rings (SSSR count). The van der Waals surface area contributed by atoms with Crippen molar-refractivity contribution >= 4 is 11.7 Å². The van der Waals surface area contributed by atoms with Gasteiger partial charge in [-0.3, -0.25) is 4.79 Å². The molecule has 0 saturated heterocycles. The summed E-state index contributed by atoms with van der Waals surface area (Å²) in [5, 5.41) is 5.71. The van der Waals surface area contributed by atoms with Crippen LogP contribution >= 0.6 is 0 Å². The summed E-state index contributed by atoms with van der Waals surface area (Å²) in [6.45, 7) is 4.29. The van der Waals surface area contributed by atoms with E-state index in [4.69, 9.17) is 4.74 Å². The number of hydrogen-bond acceptors (Lipinski definition) is 4. The van der Waals surface area contributed by atoms with Crippen molar-refractivity contribution in [2.45, 2.75) is 19.4 Å². The van der Waals surface area contributed by atoms with Crippen molar-refractivity contribution in [3.8, 4) is 0 Å². The summed E-state index contributed by atoms with van der Waals surface area (Å²) in [7, 11) is 3.38. The smallest absolute Gasteiger partial charge is 0.251 e. The van der Waals surface area contributed by atoms with Gasteiger partial charge in [0.2, 0.25) is 0 Å². The molecular formula is C12H19N3O2. The third-order valence-electron chi connectivity index (χ3n) is 2.51. The number of nitrogens with one attached hydrogen (secondary N) is 2. The molecule has 0 bridgehead atoms. The largest absolute Gasteiger partial charge is 0.377 e. The van der Waals surface area contributed by atoms with Gasteiger partial charge in [-0.05, 0) is 26.0 Å². The summed E-state index contributed by atoms with van der Waals surface area (Å²) in [4.78, 5) is 15.9. The van der Waals surface area contributed by atoms with Crippen LogP contribution in [-0.2, 0) is 4.74 Å². The van der Waals surface area contributed by atoms with Crippen molar-refractivity contribution in [2.75, 3.05) is 26.0 Å². The zero-order chi connectivity index (χ0) is 12.9. The molecule has 5 nitrogen and oxygen atoms in total. The summed E-state index contributed by atoms with van der Waals surface area (Å²) in [5.74, 6) is 0.540. The van der Waals surface area contributed by atoms with E-state index in [-0.39, 0.29) is 11.5 Å². The highest BCUT2D eigenvalue weighted by Gasteiger charge is 2.17. The molecule has 0 aliphatic carbocycles. The van der Waals surface area contributed by atoms with E-state index in [0.717, 1.165) is 0 Å². The van der Waals surface area contributed by atoms with Gasteiger partial charge in [0.05, 0.1) is 5.60 Å². The second-order valence-corrected chi connectivity index (χ2v) is 4.33. The lowest BCUT2D eigenvalue weighted by Gasteiger charge is -2.23. The van der Waals surface area contributed by atoms with Gasteiger partial charge in [-0.2, -0.15) is 0 Å². The molecule has 5 heteroatoms. The first kappa shape index (κ1) is 13.4. The Labute approximate surface area is 102 Å². The highest BCUT2D eigenvalue weighted by Crippen LogP contribution is 2.08. The summed E-state index contributed by atoms with van der Waals surface area (Å²) in [6, 6.07) is 3.38. The van der Waals surface area contributed by atoms with E-state index in [0.29, 0.717) is 17.9 Å². The molecule has 17 heavy (non-hydrogen) atoms. The zero-order valence-electron chi connectivity index (χ0n) is 10.7. The first-order chi connectivity index (χ1) is 7.98. The minimum absolute atomic E-state index is 0.131. The normalized spacial score (nSPS) is 11.1. The fraction of sp³-hybridized carbons (Fsp3) is 0.500. The van der Waals surface area contributed by atoms with E-state index in [1.165, 1.54) is 0 Å². The van der Waals surface area contributed by atoms with Gasteiger partial charge in [0.25, 0.3) is 5.91 Å². The molecule has 0 aliphatic rings. The summed E-state index contributed by atoms with van der Waals surface area (Å²) < 4.78 is 5.23. The van der Waals surface area contributed by atoms with Crippen molar-refractivity contribution in [3.05, 3.63) is 23.9 Å². The van der Waals surface area contributed by atoms with Crippen LogP contribution in [0.25, 0.3) is 0 Å². The monoisotopic (exact) mass is 237 g/mol. The molecular weight excluding hydrogens is 218 g/mol. The Morgan fingerprint density at radius 2 is 2.24 bits per heavy atom. The number of rotatable bonds is 5. The van der Waals surface area contributed by atoms with E-state index >= 15 is 0 Å². The molecule has 0 radical (unpaired) electrons. The van der Waals surface area contributed by atoms with Crippen LogP contribution in [0.1, 0.15) is 24.2 Å². The zero-order valence-corrected chi connectivity index (χ0v) is 10.7. The molecule has 0 fully saturated rings. The first-order valence-electron chi connectivity index (χ1n) is 5.45. The lowest BCUT2D eigenvalue weighted by Crippen LogP contribution is -2.39. The summed E-state index contributed by atoms with van der Waals surface area (Å²) in [5.41, 5.74) is 0.213. The highest BCUT2D eigenvalue weighted by atomic mass is 16.5. The number of carbonyl (C=O) groups is 1. The molecule has 94 valence electrons. The topological polar surface area (TPSA) is 63.2 Å². The molecule has 0 unspecified atom stereocenters. The van der Waals surface area contributed by atoms with E-state index in [1.807, 2.05) is 13.8 Å². The van der Waals surface area contributed by atoms with Crippen LogP contribution < -0.4 is 10.6 Å². The average Bonchev–Trinajstić information content (AvgIpc) is 2.36. The van der Waals surface area contributed by atoms with Crippen LogP contribution in [0.5, 0.6) is 0 Å². The lowest BCUT2D eigenvalue weighted by atomic mass is 10.1. The number of carbonyl (C=O) groups excluding carboxylic acids is 1. The maximum atomic E-state index is 11.9. The molecule has 1 amide bonds. The molecule has 1 aromatic rings. The van der Waals surface area contributed by atoms with Gasteiger partial charge in [0, 0.05) is 32.5 Å². The van der Waals surface area contributed by atoms with Crippen molar-refractivity contribution in [1.82, 2.24) is 10.3 Å². The Morgan fingerprint density at radius 3 is 2.82 bits per heavy atom. The number of methoxy groups -OCH3 is 1. The van der Waals surface area contributed by atoms with Gasteiger partial charge in [-0.15, -0.1) is 0 Å². The molecule has 1 heterocycles. The average molecular weight is 237 g/mol. The summed E-state index contributed by atoms with van der Waals surface area (Å²) >= 11 is 0. The van der Waals surface area contributed by atoms with Crippen LogP contribution in [-0.4, -0.2) is 37.2 Å². The number of aromatic nitrogens is 1. The first-order valence-corrected chi connectivity index (χ1v) is 5.45. The number of amides is 1. The number of anilines is 1. The molecule has 1 aromatic heterocycles. The van der Waals surface area contributed by atoms with E-state index in [9.17, 15) is 4.79 Å². The fourth-order valence-electron chi connectivity index (χ4n) is 1.18. The highest BCUT2D eigenvalue weighted by molar-refractivity contribution is 5.94. The van der Waals surface area contributed by atoms with Crippen LogP contribution in [0.4, 0.5) is 5.82 Å². The van der Waals surface area contributed by atoms with Gasteiger partial charge in [-0.25, -0.2) is 4.98 Å². The van der Waals surface area contributed by atoms with Crippen molar-refractivity contribution in [3.63, 3.8) is 0 Å². The molecule has 2 N–H and O–H groups in total. The predicted molar refractivity (Wildman–Crippen MR) is 67.2 cm³/mol. The van der Waals surface area contributed by atoms with E-state index in [2.05, 4.69) is 15.6 Å². The van der Waals surface area contributed by atoms with Crippen LogP contribution in [0.3, 0.4) is 0 Å². The molecule has 0 atom stereocenters. The predicted octanol–water partition coefficient (Wildman–Crippen LogP) is 1.28. The minimum Gasteiger partial charge on any atom is -0.377 e. The number of hydrogen-bond donors (Lipinski definition) is 2. The second kappa shape index (κ2) is 5.63. The third kappa shape index (κ3) is 4.03. The van der Waals surface area contributed by atoms with Crippen LogP contribution in [0.2, 0.25) is 0 Å². The number of nitrogens with zero attached hydrogens (tertiary/aromatic N) is 1. The Bertz CT molecular complexity index is 391. The van der Waals surface area contributed by atoms with Crippen molar-refractivity contribution in [1.29, 1.82) is 0 Å². The van der Waals surface area contributed by atoms with Crippen LogP contribution in [0, 0.1) is 0 Å². The quantitative estimate of drug-likeness (QED) is 0.809. The Morgan fingerprint density at radius 1 is 1.53 bits per heavy atom. The van der Waals surface area contributed by atoms with E-state index < -0.39 is 0 Å². The Balaban J connectivity index is 2.64. The van der Waals surface area contributed by atoms with Gasteiger partial charge in [0.1, 0.15) is 5.82 Å². The SMILES string of the molecule is CNc1cc(C(=O)NCC(C)(C)OC)ccn1. The molecule has 0 spiro atoms. The number of pyridine rings is 1. The minimum atomic E-state index is -0.367. The van der Waals surface area contributed by atoms with Crippen molar-refractivity contribution in [2.24, 2.45) is 0 Å². The van der Waals surface area contributed by atoms with Crippen LogP contribution in [0.15, 0.2) is 18.3 Å². The maximum Gasteiger partial charge on any atom is 0.251 e. The van der Waals surface area contributed by atoms with Crippen molar-refractivity contribution < 1.29 is 9.53 Å². The molecule has 0 saturated carbocycles. The summed E-state index contributed by atoms with van der Waals surface area (Å²) in [6.07, 6.45) is 1.60. The van der Waals surface area contributed by atoms with Gasteiger partial charge < -0.3 is 15.4 Å². The fourth-order valence-corrected chi connectivity index (χ4v) is 1.18. The van der Waals surface area contributed by atoms with E-state index in [1.54, 1.807) is 32.5 Å². The molecule has 0 aliphatic heterocycles. The Hall–Kier alpha value is -1.62. The maximum absolute atomic E-state index is 11.9. The standard InChI is InChI=1S/C12H19N3O2/c1-12(2,17-4)8-15-11(16)9-5-6-14-10(7-9)13-3/h5-7H,8H2,1-4H3,(H,13,14)(H,15,16). The van der Waals surface area contributed by atoms with Gasteiger partial charge in [0.15, 0.2) is 0 Å². The second-order valence-electron chi connectivity index (χ2n) is 4.33. The third-order valence-corrected chi connectivity index (χ3v) is 2.51. The van der Waals surface area contributed by atoms with Gasteiger partial charge >= 0.3 is 0 Å². The lowest BCUT2D eigenvalue weighted by molar-refractivity contribution is 0.0229. The Kier molecular flexibility index (Phi) is 4.45. The number of ether oxygens (including phenoxy) is 1. The van der Waals surface area contributed by atoms with Gasteiger partial charge in [-0.1, -0.05) is 0 Å². The molecule has 0 aromatic carbocycles.